The molecular formula is C23H29N3O. The van der Waals surface area contributed by atoms with Crippen molar-refractivity contribution in [2.75, 3.05) is 6.54 Å². The zero-order valence-electron chi connectivity index (χ0n) is 16.4. The van der Waals surface area contributed by atoms with Crippen molar-refractivity contribution in [2.45, 2.75) is 45.7 Å². The van der Waals surface area contributed by atoms with Crippen molar-refractivity contribution in [3.63, 3.8) is 0 Å². The molecule has 0 saturated heterocycles. The molecule has 2 aromatic carbocycles. The fraction of sp³-hybridized carbons (Fsp3) is 0.348. The van der Waals surface area contributed by atoms with Gasteiger partial charge in [0.25, 0.3) is 0 Å². The van der Waals surface area contributed by atoms with E-state index in [1.54, 1.807) is 0 Å². The van der Waals surface area contributed by atoms with Crippen LogP contribution in [0, 0.1) is 0 Å². The van der Waals surface area contributed by atoms with Gasteiger partial charge < -0.3 is 10.3 Å². The van der Waals surface area contributed by atoms with Gasteiger partial charge in [-0.25, -0.2) is 0 Å². The van der Waals surface area contributed by atoms with Gasteiger partial charge in [0.05, 0.1) is 6.04 Å². The molecule has 0 radical (unpaired) electrons. The zero-order valence-corrected chi connectivity index (χ0v) is 16.4. The minimum absolute atomic E-state index is 0.0341. The van der Waals surface area contributed by atoms with Crippen LogP contribution in [0.5, 0.6) is 0 Å². The first-order valence-corrected chi connectivity index (χ1v) is 9.76. The van der Waals surface area contributed by atoms with Gasteiger partial charge in [-0.1, -0.05) is 49.4 Å². The first kappa shape index (κ1) is 19.2. The molecule has 4 nitrogen and oxygen atoms in total. The third-order valence-electron chi connectivity index (χ3n) is 5.15. The standard InChI is InChI=1S/C23H29N3O/c1-4-18-9-11-19(12-10-18)16(2)26-17(3)23(27)24-14-13-20-15-25-22-8-6-5-7-21(20)22/h5-12,15-17,25-26H,4,13-14H2,1-3H3,(H,24,27). The number of aromatic nitrogens is 1. The summed E-state index contributed by atoms with van der Waals surface area (Å²) in [5.74, 6) is 0.0341. The van der Waals surface area contributed by atoms with Gasteiger partial charge in [0.1, 0.15) is 0 Å². The van der Waals surface area contributed by atoms with Crippen LogP contribution < -0.4 is 10.6 Å². The summed E-state index contributed by atoms with van der Waals surface area (Å²) in [5, 5.41) is 7.66. The number of carbonyl (C=O) groups is 1. The maximum absolute atomic E-state index is 12.4. The molecule has 3 rings (SSSR count). The number of benzene rings is 2. The summed E-state index contributed by atoms with van der Waals surface area (Å²) in [6.45, 7) is 6.79. The second kappa shape index (κ2) is 8.87. The Bertz CT molecular complexity index is 882. The van der Waals surface area contributed by atoms with Gasteiger partial charge in [-0.2, -0.15) is 0 Å². The summed E-state index contributed by atoms with van der Waals surface area (Å²) >= 11 is 0. The van der Waals surface area contributed by atoms with Crippen molar-refractivity contribution < 1.29 is 4.79 Å². The lowest BCUT2D eigenvalue weighted by atomic mass is 10.0. The maximum atomic E-state index is 12.4. The number of aryl methyl sites for hydroxylation is 1. The third-order valence-corrected chi connectivity index (χ3v) is 5.15. The van der Waals surface area contributed by atoms with Crippen LogP contribution in [0.25, 0.3) is 10.9 Å². The van der Waals surface area contributed by atoms with Crippen molar-refractivity contribution in [1.29, 1.82) is 0 Å². The minimum atomic E-state index is -0.242. The predicted octanol–water partition coefficient (Wildman–Crippen LogP) is 4.13. The molecule has 0 saturated carbocycles. The molecule has 3 N–H and O–H groups in total. The summed E-state index contributed by atoms with van der Waals surface area (Å²) in [4.78, 5) is 15.7. The van der Waals surface area contributed by atoms with E-state index >= 15 is 0 Å². The first-order valence-electron chi connectivity index (χ1n) is 9.76. The Labute approximate surface area is 161 Å². The molecule has 27 heavy (non-hydrogen) atoms. The zero-order chi connectivity index (χ0) is 19.2. The number of fused-ring (bicyclic) bond motifs is 1. The van der Waals surface area contributed by atoms with Gasteiger partial charge in [0.2, 0.25) is 5.91 Å². The van der Waals surface area contributed by atoms with Crippen LogP contribution in [0.15, 0.2) is 54.7 Å². The summed E-state index contributed by atoms with van der Waals surface area (Å²) < 4.78 is 0. The van der Waals surface area contributed by atoms with E-state index in [1.807, 2.05) is 25.3 Å². The number of para-hydroxylation sites is 1. The monoisotopic (exact) mass is 363 g/mol. The Balaban J connectivity index is 1.48. The first-order chi connectivity index (χ1) is 13.1. The van der Waals surface area contributed by atoms with Gasteiger partial charge in [0, 0.05) is 29.7 Å². The van der Waals surface area contributed by atoms with Gasteiger partial charge >= 0.3 is 0 Å². The Hall–Kier alpha value is -2.59. The second-order valence-electron chi connectivity index (χ2n) is 7.11. The van der Waals surface area contributed by atoms with Crippen molar-refractivity contribution >= 4 is 16.8 Å². The van der Waals surface area contributed by atoms with E-state index in [1.165, 1.54) is 22.1 Å². The van der Waals surface area contributed by atoms with Crippen LogP contribution in [-0.4, -0.2) is 23.5 Å². The van der Waals surface area contributed by atoms with E-state index in [0.717, 1.165) is 18.4 Å². The van der Waals surface area contributed by atoms with Gasteiger partial charge in [-0.3, -0.25) is 10.1 Å². The highest BCUT2D eigenvalue weighted by Gasteiger charge is 2.16. The molecule has 1 amide bonds. The molecule has 0 aliphatic carbocycles. The second-order valence-corrected chi connectivity index (χ2v) is 7.11. The molecule has 4 heteroatoms. The van der Waals surface area contributed by atoms with Crippen LogP contribution >= 0.6 is 0 Å². The highest BCUT2D eigenvalue weighted by molar-refractivity contribution is 5.83. The largest absolute Gasteiger partial charge is 0.361 e. The fourth-order valence-corrected chi connectivity index (χ4v) is 3.40. The summed E-state index contributed by atoms with van der Waals surface area (Å²) in [5.41, 5.74) is 4.90. The number of amides is 1. The Kier molecular flexibility index (Phi) is 6.30. The average molecular weight is 364 g/mol. The maximum Gasteiger partial charge on any atom is 0.236 e. The van der Waals surface area contributed by atoms with Gasteiger partial charge in [0.15, 0.2) is 0 Å². The summed E-state index contributed by atoms with van der Waals surface area (Å²) in [7, 11) is 0. The van der Waals surface area contributed by atoms with Crippen LogP contribution in [0.1, 0.15) is 43.5 Å². The molecule has 142 valence electrons. The van der Waals surface area contributed by atoms with E-state index in [0.29, 0.717) is 6.54 Å². The lowest BCUT2D eigenvalue weighted by Crippen LogP contribution is -2.43. The number of carbonyl (C=O) groups excluding carboxylic acids is 1. The normalized spacial score (nSPS) is 13.4. The van der Waals surface area contributed by atoms with E-state index < -0.39 is 0 Å². The molecule has 1 heterocycles. The van der Waals surface area contributed by atoms with E-state index in [-0.39, 0.29) is 18.0 Å². The average Bonchev–Trinajstić information content (AvgIpc) is 3.11. The van der Waals surface area contributed by atoms with Crippen molar-refractivity contribution in [3.8, 4) is 0 Å². The molecule has 0 bridgehead atoms. The number of hydrogen-bond acceptors (Lipinski definition) is 2. The molecule has 0 aliphatic rings. The Morgan fingerprint density at radius 3 is 2.56 bits per heavy atom. The SMILES string of the molecule is CCc1ccc(C(C)NC(C)C(=O)NCCc2c[nH]c3ccccc23)cc1. The van der Waals surface area contributed by atoms with Crippen LogP contribution in [0.3, 0.4) is 0 Å². The highest BCUT2D eigenvalue weighted by atomic mass is 16.2. The van der Waals surface area contributed by atoms with Crippen molar-refractivity contribution in [2.24, 2.45) is 0 Å². The Morgan fingerprint density at radius 2 is 1.81 bits per heavy atom. The van der Waals surface area contributed by atoms with E-state index in [9.17, 15) is 4.79 Å². The lowest BCUT2D eigenvalue weighted by molar-refractivity contribution is -0.122. The molecular weight excluding hydrogens is 334 g/mol. The number of hydrogen-bond donors (Lipinski definition) is 3. The number of aromatic amines is 1. The molecule has 2 unspecified atom stereocenters. The number of rotatable bonds is 8. The molecule has 2 atom stereocenters. The van der Waals surface area contributed by atoms with Crippen LogP contribution in [-0.2, 0) is 17.6 Å². The highest BCUT2D eigenvalue weighted by Crippen LogP contribution is 2.18. The molecule has 0 aliphatic heterocycles. The Morgan fingerprint density at radius 1 is 1.07 bits per heavy atom. The van der Waals surface area contributed by atoms with Gasteiger partial charge in [-0.05, 0) is 49.4 Å². The van der Waals surface area contributed by atoms with Crippen molar-refractivity contribution in [1.82, 2.24) is 15.6 Å². The van der Waals surface area contributed by atoms with Gasteiger partial charge in [-0.15, -0.1) is 0 Å². The molecule has 0 spiro atoms. The molecule has 1 aromatic heterocycles. The third kappa shape index (κ3) is 4.77. The quantitative estimate of drug-likeness (QED) is 0.564. The minimum Gasteiger partial charge on any atom is -0.361 e. The smallest absolute Gasteiger partial charge is 0.236 e. The van der Waals surface area contributed by atoms with E-state index in [4.69, 9.17) is 0 Å². The summed E-state index contributed by atoms with van der Waals surface area (Å²) in [6.07, 6.45) is 3.88. The van der Waals surface area contributed by atoms with Crippen LogP contribution in [0.4, 0.5) is 0 Å². The number of nitrogens with one attached hydrogen (secondary N) is 3. The fourth-order valence-electron chi connectivity index (χ4n) is 3.40. The molecule has 3 aromatic rings. The predicted molar refractivity (Wildman–Crippen MR) is 112 cm³/mol. The molecule has 0 fully saturated rings. The number of H-pyrrole nitrogens is 1. The van der Waals surface area contributed by atoms with E-state index in [2.05, 4.69) is 65.9 Å². The summed E-state index contributed by atoms with van der Waals surface area (Å²) in [6, 6.07) is 16.7. The topological polar surface area (TPSA) is 56.9 Å². The van der Waals surface area contributed by atoms with Crippen LogP contribution in [0.2, 0.25) is 0 Å². The lowest BCUT2D eigenvalue weighted by Gasteiger charge is -2.20. The van der Waals surface area contributed by atoms with Crippen molar-refractivity contribution in [3.05, 3.63) is 71.4 Å².